The zero-order valence-electron chi connectivity index (χ0n) is 20.9. The molecule has 0 spiro atoms. The first kappa shape index (κ1) is 24.7. The average Bonchev–Trinajstić information content (AvgIpc) is 3.50. The number of allylic oxidation sites excluding steroid dienone is 1. The zero-order chi connectivity index (χ0) is 25.9. The van der Waals surface area contributed by atoms with Crippen LogP contribution in [0, 0.1) is 5.92 Å². The van der Waals surface area contributed by atoms with E-state index in [0.29, 0.717) is 22.6 Å². The summed E-state index contributed by atoms with van der Waals surface area (Å²) in [4.78, 5) is 37.6. The highest BCUT2D eigenvalue weighted by Crippen LogP contribution is 2.32. The van der Waals surface area contributed by atoms with Crippen molar-refractivity contribution in [2.45, 2.75) is 51.1 Å². The minimum absolute atomic E-state index is 0.0201. The van der Waals surface area contributed by atoms with E-state index >= 15 is 0 Å². The fourth-order valence-electron chi connectivity index (χ4n) is 5.26. The summed E-state index contributed by atoms with van der Waals surface area (Å²) < 4.78 is 6.07. The van der Waals surface area contributed by atoms with Gasteiger partial charge in [0, 0.05) is 36.8 Å². The lowest BCUT2D eigenvalue weighted by Gasteiger charge is -2.29. The van der Waals surface area contributed by atoms with Crippen molar-refractivity contribution in [2.75, 3.05) is 0 Å². The van der Waals surface area contributed by atoms with E-state index in [1.807, 2.05) is 30.5 Å². The maximum absolute atomic E-state index is 11.9. The van der Waals surface area contributed by atoms with Crippen molar-refractivity contribution >= 4 is 39.7 Å². The van der Waals surface area contributed by atoms with Crippen molar-refractivity contribution in [3.63, 3.8) is 0 Å². The molecule has 6 rings (SSSR count). The normalized spacial score (nSPS) is 21.0. The molecule has 1 N–H and O–H groups in total. The third-order valence-corrected chi connectivity index (χ3v) is 8.20. The number of nitrogens with one attached hydrogen (secondary N) is 1. The molecule has 0 bridgehead atoms. The van der Waals surface area contributed by atoms with Gasteiger partial charge in [-0.25, -0.2) is 9.97 Å². The van der Waals surface area contributed by atoms with Gasteiger partial charge in [0.1, 0.15) is 17.1 Å². The first-order chi connectivity index (χ1) is 18.6. The number of carbonyl (C=O) groups excluding carboxylic acids is 2. The van der Waals surface area contributed by atoms with Gasteiger partial charge in [-0.15, -0.1) is 0 Å². The van der Waals surface area contributed by atoms with Crippen molar-refractivity contribution in [3.8, 4) is 11.5 Å². The molecule has 1 saturated carbocycles. The Kier molecular flexibility index (Phi) is 7.16. The Labute approximate surface area is 225 Å². The molecule has 4 aromatic rings. The first-order valence-electron chi connectivity index (χ1n) is 13.0. The van der Waals surface area contributed by atoms with E-state index in [0.717, 1.165) is 84.2 Å². The highest BCUT2D eigenvalue weighted by atomic mass is 32.2. The summed E-state index contributed by atoms with van der Waals surface area (Å²) in [5.74, 6) is 2.00. The van der Waals surface area contributed by atoms with Crippen LogP contribution in [0.4, 0.5) is 0 Å². The molecule has 2 aliphatic rings. The van der Waals surface area contributed by atoms with Crippen molar-refractivity contribution in [1.82, 2.24) is 20.3 Å². The first-order valence-corrected chi connectivity index (χ1v) is 13.9. The van der Waals surface area contributed by atoms with Gasteiger partial charge in [0.15, 0.2) is 11.5 Å². The highest BCUT2D eigenvalue weighted by molar-refractivity contribution is 8.18. The number of benzene rings is 1. The van der Waals surface area contributed by atoms with Crippen LogP contribution < -0.4 is 5.32 Å². The monoisotopic (exact) mass is 524 g/mol. The predicted octanol–water partition coefficient (Wildman–Crippen LogP) is 5.75. The number of hydrogen-bond acceptors (Lipinski definition) is 8. The van der Waals surface area contributed by atoms with E-state index in [1.165, 1.54) is 0 Å². The number of hydrogen-bond donors (Lipinski definition) is 1. The third kappa shape index (κ3) is 5.61. The maximum Gasteiger partial charge on any atom is 0.201 e. The van der Waals surface area contributed by atoms with Crippen molar-refractivity contribution in [3.05, 3.63) is 82.9 Å². The molecule has 192 valence electrons. The molecule has 3 aromatic heterocycles. The lowest BCUT2D eigenvalue weighted by molar-refractivity contribution is -0.119. The van der Waals surface area contributed by atoms with Crippen LogP contribution >= 0.6 is 11.8 Å². The number of fused-ring (bicyclic) bond motifs is 1. The number of rotatable bonds is 7. The minimum Gasteiger partial charge on any atom is -0.454 e. The largest absolute Gasteiger partial charge is 0.454 e. The van der Waals surface area contributed by atoms with Gasteiger partial charge in [0.2, 0.25) is 5.12 Å². The Bertz CT molecular complexity index is 1490. The van der Waals surface area contributed by atoms with E-state index < -0.39 is 0 Å². The zero-order valence-corrected chi connectivity index (χ0v) is 21.7. The van der Waals surface area contributed by atoms with E-state index in [2.05, 4.69) is 38.5 Å². The summed E-state index contributed by atoms with van der Waals surface area (Å²) in [7, 11) is 0. The SMILES string of the molecule is O=C1CC(=O)/C(=C/c2ccnc(CC3CCC(NCc4cccnc4-c4cc5ccccc5o4)CC3)n2)S1. The number of aromatic nitrogens is 3. The summed E-state index contributed by atoms with van der Waals surface area (Å²) >= 11 is 1.01. The van der Waals surface area contributed by atoms with Crippen LogP contribution in [0.25, 0.3) is 28.5 Å². The van der Waals surface area contributed by atoms with Crippen molar-refractivity contribution in [2.24, 2.45) is 5.92 Å². The topological polar surface area (TPSA) is 98.0 Å². The number of nitrogens with zero attached hydrogens (tertiary/aromatic N) is 3. The molecule has 1 aliphatic heterocycles. The minimum atomic E-state index is -0.123. The van der Waals surface area contributed by atoms with Gasteiger partial charge < -0.3 is 9.73 Å². The molecule has 0 unspecified atom stereocenters. The Hall–Kier alpha value is -3.62. The molecule has 0 atom stereocenters. The second-order valence-electron chi connectivity index (χ2n) is 9.94. The summed E-state index contributed by atoms with van der Waals surface area (Å²) in [5, 5.41) is 4.72. The standard InChI is InChI=1S/C30H28N4O3S/c35-24-17-29(36)38-27(24)16-23-11-13-31-28(34-23)14-19-7-9-22(10-8-19)33-18-21-5-3-12-32-30(21)26-15-20-4-1-2-6-25(20)37-26/h1-6,11-13,15-16,19,22,33H,7-10,14,17-18H2/b27-16-. The Morgan fingerprint density at radius 2 is 1.87 bits per heavy atom. The van der Waals surface area contributed by atoms with Crippen molar-refractivity contribution < 1.29 is 14.0 Å². The van der Waals surface area contributed by atoms with Crippen LogP contribution in [0.5, 0.6) is 0 Å². The van der Waals surface area contributed by atoms with Gasteiger partial charge in [-0.05, 0) is 79.3 Å². The van der Waals surface area contributed by atoms with Gasteiger partial charge in [-0.2, -0.15) is 0 Å². The van der Waals surface area contributed by atoms with Crippen LogP contribution in [0.3, 0.4) is 0 Å². The second kappa shape index (κ2) is 11.0. The van der Waals surface area contributed by atoms with Gasteiger partial charge in [0.05, 0.1) is 17.0 Å². The maximum atomic E-state index is 11.9. The van der Waals surface area contributed by atoms with Gasteiger partial charge in [-0.1, -0.05) is 24.3 Å². The lowest BCUT2D eigenvalue weighted by atomic mass is 9.84. The fourth-order valence-corrected chi connectivity index (χ4v) is 6.07. The quantitative estimate of drug-likeness (QED) is 0.241. The molecule has 0 radical (unpaired) electrons. The molecule has 38 heavy (non-hydrogen) atoms. The van der Waals surface area contributed by atoms with Crippen LogP contribution in [-0.4, -0.2) is 31.9 Å². The van der Waals surface area contributed by atoms with Gasteiger partial charge >= 0.3 is 0 Å². The summed E-state index contributed by atoms with van der Waals surface area (Å²) in [6, 6.07) is 16.4. The Morgan fingerprint density at radius 3 is 2.68 bits per heavy atom. The number of para-hydroxylation sites is 1. The number of thioether (sulfide) groups is 1. The molecular weight excluding hydrogens is 496 g/mol. The number of pyridine rings is 1. The average molecular weight is 525 g/mol. The molecule has 1 aliphatic carbocycles. The van der Waals surface area contributed by atoms with Crippen LogP contribution in [0.2, 0.25) is 0 Å². The highest BCUT2D eigenvalue weighted by Gasteiger charge is 2.26. The van der Waals surface area contributed by atoms with E-state index in [4.69, 9.17) is 4.42 Å². The fraction of sp³-hybridized carbons (Fsp3) is 0.300. The molecule has 2 fully saturated rings. The molecule has 7 nitrogen and oxygen atoms in total. The summed E-state index contributed by atoms with van der Waals surface area (Å²) in [5.41, 5.74) is 3.58. The van der Waals surface area contributed by atoms with Gasteiger partial charge in [-0.3, -0.25) is 14.6 Å². The molecule has 8 heteroatoms. The Morgan fingerprint density at radius 1 is 1.00 bits per heavy atom. The molecule has 0 amide bonds. The lowest BCUT2D eigenvalue weighted by Crippen LogP contribution is -2.33. The third-order valence-electron chi connectivity index (χ3n) is 7.26. The van der Waals surface area contributed by atoms with Crippen LogP contribution in [-0.2, 0) is 22.6 Å². The molecule has 4 heterocycles. The predicted molar refractivity (Wildman–Crippen MR) is 148 cm³/mol. The van der Waals surface area contributed by atoms with Crippen molar-refractivity contribution in [1.29, 1.82) is 0 Å². The molecule has 1 aromatic carbocycles. The number of carbonyl (C=O) groups is 2. The smallest absolute Gasteiger partial charge is 0.201 e. The molecule has 1 saturated heterocycles. The number of Topliss-reactive ketones (excluding diaryl/α,β-unsaturated/α-hetero) is 1. The van der Waals surface area contributed by atoms with E-state index in [-0.39, 0.29) is 17.3 Å². The second-order valence-corrected chi connectivity index (χ2v) is 11.0. The van der Waals surface area contributed by atoms with E-state index in [9.17, 15) is 9.59 Å². The van der Waals surface area contributed by atoms with Crippen LogP contribution in [0.1, 0.15) is 49.2 Å². The molecular formula is C30H28N4O3S. The number of furan rings is 1. The summed E-state index contributed by atoms with van der Waals surface area (Å²) in [6.45, 7) is 0.745. The number of ketones is 1. The summed E-state index contributed by atoms with van der Waals surface area (Å²) in [6.07, 6.45) is 10.5. The van der Waals surface area contributed by atoms with Gasteiger partial charge in [0.25, 0.3) is 0 Å². The van der Waals surface area contributed by atoms with E-state index in [1.54, 1.807) is 18.3 Å². The Balaban J connectivity index is 1.04. The van der Waals surface area contributed by atoms with Crippen LogP contribution in [0.15, 0.2) is 70.2 Å².